The number of para-hydroxylation sites is 1. The van der Waals surface area contributed by atoms with E-state index in [-0.39, 0.29) is 11.9 Å². The molecule has 10 heteroatoms. The lowest BCUT2D eigenvalue weighted by molar-refractivity contribution is -0.124. The molecule has 3 unspecified atom stereocenters. The van der Waals surface area contributed by atoms with Crippen LogP contribution in [0.15, 0.2) is 60.8 Å². The number of carbonyl (C=O) groups is 2. The molecule has 2 aromatic heterocycles. The summed E-state index contributed by atoms with van der Waals surface area (Å²) in [7, 11) is 0. The number of benzene rings is 2. The van der Waals surface area contributed by atoms with Gasteiger partial charge in [0, 0.05) is 47.1 Å². The lowest BCUT2D eigenvalue weighted by Crippen LogP contribution is -2.52. The summed E-state index contributed by atoms with van der Waals surface area (Å²) in [5.74, 6) is 0.333. The third kappa shape index (κ3) is 3.77. The number of nitrogens with one attached hydrogen (secondary N) is 2. The Morgan fingerprint density at radius 1 is 1.16 bits per heavy atom. The summed E-state index contributed by atoms with van der Waals surface area (Å²) in [5.41, 5.74) is 20.2. The number of aromatic nitrogens is 1. The molecule has 0 saturated carbocycles. The molecule has 0 bridgehead atoms. The first-order valence-corrected chi connectivity index (χ1v) is 12.8. The van der Waals surface area contributed by atoms with E-state index in [1.54, 1.807) is 24.3 Å². The quantitative estimate of drug-likeness (QED) is 0.254. The Balaban J connectivity index is 1.43. The Kier molecular flexibility index (Phi) is 5.68. The van der Waals surface area contributed by atoms with Crippen molar-refractivity contribution in [3.05, 3.63) is 82.4 Å². The molecule has 9 nitrogen and oxygen atoms in total. The van der Waals surface area contributed by atoms with E-state index in [1.165, 1.54) is 17.5 Å². The van der Waals surface area contributed by atoms with Crippen LogP contribution in [-0.4, -0.2) is 35.8 Å². The van der Waals surface area contributed by atoms with Gasteiger partial charge in [-0.1, -0.05) is 24.3 Å². The van der Waals surface area contributed by atoms with Crippen LogP contribution in [-0.2, 0) is 10.3 Å². The molecular formula is C27H26N6O3S. The second-order valence-electron chi connectivity index (χ2n) is 9.36. The van der Waals surface area contributed by atoms with E-state index in [4.69, 9.17) is 21.9 Å². The van der Waals surface area contributed by atoms with Crippen molar-refractivity contribution < 1.29 is 14.3 Å². The molecule has 0 spiro atoms. The molecule has 2 aliphatic rings. The predicted octanol–water partition coefficient (Wildman–Crippen LogP) is 2.55. The van der Waals surface area contributed by atoms with Gasteiger partial charge in [-0.15, -0.1) is 11.3 Å². The van der Waals surface area contributed by atoms with Crippen LogP contribution >= 0.6 is 11.3 Å². The standard InChI is InChI=1S/C27H26N6O3S/c28-18-8-7-17-20-21(24(37-23(18)20)26(35)33-15-10-11-31-13-15)22(29)25(34)27(17,30)14-6-9-19(32-12-14)36-16-4-2-1-3-5-16/h1-9,12,15,22,31H,10-11,13,28-30H2,(H,33,35). The van der Waals surface area contributed by atoms with Crippen LogP contribution in [0.1, 0.15) is 38.8 Å². The van der Waals surface area contributed by atoms with Crippen LogP contribution < -0.4 is 32.6 Å². The Morgan fingerprint density at radius 2 is 1.97 bits per heavy atom. The maximum absolute atomic E-state index is 13.9. The van der Waals surface area contributed by atoms with Crippen LogP contribution in [0.5, 0.6) is 11.6 Å². The molecule has 1 amide bonds. The number of pyridine rings is 1. The molecule has 188 valence electrons. The monoisotopic (exact) mass is 514 g/mol. The van der Waals surface area contributed by atoms with Gasteiger partial charge in [-0.3, -0.25) is 9.59 Å². The minimum atomic E-state index is -1.57. The summed E-state index contributed by atoms with van der Waals surface area (Å²) in [6.45, 7) is 1.55. The lowest BCUT2D eigenvalue weighted by Gasteiger charge is -2.36. The maximum Gasteiger partial charge on any atom is 0.262 e. The van der Waals surface area contributed by atoms with Crippen LogP contribution in [0, 0.1) is 0 Å². The van der Waals surface area contributed by atoms with E-state index in [0.717, 1.165) is 13.0 Å². The van der Waals surface area contributed by atoms with Crippen molar-refractivity contribution in [3.8, 4) is 11.6 Å². The fourth-order valence-corrected chi connectivity index (χ4v) is 6.36. The number of anilines is 1. The Bertz CT molecular complexity index is 1510. The number of ether oxygens (including phenoxy) is 1. The number of amides is 1. The van der Waals surface area contributed by atoms with E-state index in [2.05, 4.69) is 15.6 Å². The fourth-order valence-electron chi connectivity index (χ4n) is 5.16. The average molecular weight is 515 g/mol. The highest BCUT2D eigenvalue weighted by Gasteiger charge is 2.49. The number of ketones is 1. The van der Waals surface area contributed by atoms with Gasteiger partial charge >= 0.3 is 0 Å². The number of nitrogens with zero attached hydrogens (tertiary/aromatic N) is 1. The molecule has 3 heterocycles. The third-order valence-electron chi connectivity index (χ3n) is 7.07. The van der Waals surface area contributed by atoms with Crippen molar-refractivity contribution in [3.63, 3.8) is 0 Å². The Hall–Kier alpha value is -3.83. The number of Topliss-reactive ketones (excluding diaryl/α,β-unsaturated/α-hetero) is 1. The predicted molar refractivity (Wildman–Crippen MR) is 143 cm³/mol. The van der Waals surface area contributed by atoms with Gasteiger partial charge < -0.3 is 32.6 Å². The normalized spacial score (nSPS) is 22.8. The van der Waals surface area contributed by atoms with Gasteiger partial charge in [0.05, 0.1) is 15.6 Å². The van der Waals surface area contributed by atoms with Crippen LogP contribution in [0.2, 0.25) is 0 Å². The summed E-state index contributed by atoms with van der Waals surface area (Å²) in [6, 6.07) is 15.0. The molecule has 1 saturated heterocycles. The molecule has 6 rings (SSSR count). The molecule has 8 N–H and O–H groups in total. The smallest absolute Gasteiger partial charge is 0.262 e. The number of hydrogen-bond donors (Lipinski definition) is 5. The number of nitrogen functional groups attached to an aromatic ring is 1. The van der Waals surface area contributed by atoms with Gasteiger partial charge in [0.2, 0.25) is 5.88 Å². The van der Waals surface area contributed by atoms with E-state index in [9.17, 15) is 9.59 Å². The van der Waals surface area contributed by atoms with Crippen molar-refractivity contribution >= 4 is 38.8 Å². The minimum Gasteiger partial charge on any atom is -0.439 e. The van der Waals surface area contributed by atoms with Gasteiger partial charge in [0.1, 0.15) is 11.3 Å². The molecule has 0 radical (unpaired) electrons. The topological polar surface area (TPSA) is 158 Å². The maximum atomic E-state index is 13.9. The first-order chi connectivity index (χ1) is 17.9. The van der Waals surface area contributed by atoms with E-state index < -0.39 is 17.4 Å². The van der Waals surface area contributed by atoms with Crippen molar-refractivity contribution in [2.24, 2.45) is 11.5 Å². The molecule has 1 aliphatic carbocycles. The number of nitrogens with two attached hydrogens (primary N) is 3. The zero-order chi connectivity index (χ0) is 25.7. The second-order valence-corrected chi connectivity index (χ2v) is 10.4. The third-order valence-corrected chi connectivity index (χ3v) is 8.33. The number of hydrogen-bond acceptors (Lipinski definition) is 9. The van der Waals surface area contributed by atoms with Crippen molar-refractivity contribution in [2.45, 2.75) is 24.0 Å². The molecule has 1 fully saturated rings. The van der Waals surface area contributed by atoms with Crippen molar-refractivity contribution in [1.29, 1.82) is 0 Å². The molecule has 2 aromatic carbocycles. The summed E-state index contributed by atoms with van der Waals surface area (Å²) < 4.78 is 6.48. The van der Waals surface area contributed by atoms with Gasteiger partial charge in [0.15, 0.2) is 5.78 Å². The van der Waals surface area contributed by atoms with Gasteiger partial charge in [0.25, 0.3) is 5.91 Å². The number of carbonyl (C=O) groups excluding carboxylic acids is 2. The summed E-state index contributed by atoms with van der Waals surface area (Å²) in [4.78, 5) is 31.9. The van der Waals surface area contributed by atoms with Gasteiger partial charge in [-0.05, 0) is 42.8 Å². The largest absolute Gasteiger partial charge is 0.439 e. The van der Waals surface area contributed by atoms with E-state index in [0.29, 0.717) is 55.5 Å². The first-order valence-electron chi connectivity index (χ1n) is 12.0. The van der Waals surface area contributed by atoms with Crippen molar-refractivity contribution in [1.82, 2.24) is 15.6 Å². The highest BCUT2D eigenvalue weighted by Crippen LogP contribution is 2.49. The zero-order valence-corrected chi connectivity index (χ0v) is 20.7. The highest BCUT2D eigenvalue weighted by atomic mass is 32.1. The zero-order valence-electron chi connectivity index (χ0n) is 19.9. The number of rotatable bonds is 5. The molecule has 4 aromatic rings. The summed E-state index contributed by atoms with van der Waals surface area (Å²) in [6.07, 6.45) is 2.37. The molecule has 3 atom stereocenters. The van der Waals surface area contributed by atoms with Crippen LogP contribution in [0.3, 0.4) is 0 Å². The molecule has 1 aliphatic heterocycles. The summed E-state index contributed by atoms with van der Waals surface area (Å²) in [5, 5.41) is 6.95. The average Bonchev–Trinajstić information content (AvgIpc) is 3.57. The van der Waals surface area contributed by atoms with E-state index >= 15 is 0 Å². The first kappa shape index (κ1) is 23.6. The summed E-state index contributed by atoms with van der Waals surface area (Å²) >= 11 is 1.25. The minimum absolute atomic E-state index is 0.0218. The van der Waals surface area contributed by atoms with Crippen LogP contribution in [0.4, 0.5) is 5.69 Å². The van der Waals surface area contributed by atoms with Gasteiger partial charge in [-0.25, -0.2) is 4.98 Å². The second kappa shape index (κ2) is 8.93. The van der Waals surface area contributed by atoms with Gasteiger partial charge in [-0.2, -0.15) is 0 Å². The molecule has 37 heavy (non-hydrogen) atoms. The highest BCUT2D eigenvalue weighted by molar-refractivity contribution is 7.21. The fraction of sp³-hybridized carbons (Fsp3) is 0.222. The SMILES string of the molecule is Nc1ccc2c3c(c(C(=O)NC4CCNC4)sc13)C(N)C(=O)C2(N)c1ccc(Oc2ccccc2)nc1. The van der Waals surface area contributed by atoms with Crippen molar-refractivity contribution in [2.75, 3.05) is 18.8 Å². The Morgan fingerprint density at radius 3 is 2.68 bits per heavy atom. The number of thiophene rings is 1. The lowest BCUT2D eigenvalue weighted by atomic mass is 9.71. The van der Waals surface area contributed by atoms with E-state index in [1.807, 2.05) is 30.3 Å². The van der Waals surface area contributed by atoms with Crippen LogP contribution in [0.25, 0.3) is 10.1 Å². The molecular weight excluding hydrogens is 488 g/mol. The Labute approximate surface area is 217 Å².